The van der Waals surface area contributed by atoms with Crippen molar-refractivity contribution in [2.45, 2.75) is 13.8 Å². The van der Waals surface area contributed by atoms with Crippen molar-refractivity contribution >= 4 is 12.4 Å². The fraction of sp³-hybridized carbons (Fsp3) is 0.222. The highest BCUT2D eigenvalue weighted by Crippen LogP contribution is 2.09. The topological polar surface area (TPSA) is 32.9 Å². The predicted octanol–water partition coefficient (Wildman–Crippen LogP) is 1.84. The first-order chi connectivity index (χ1) is 5.24. The molecule has 0 spiro atoms. The zero-order valence-electron chi connectivity index (χ0n) is 6.72. The lowest BCUT2D eigenvalue weighted by Crippen LogP contribution is -1.74. The Morgan fingerprint density at radius 1 is 1.45 bits per heavy atom. The van der Waals surface area contributed by atoms with Gasteiger partial charge in [-0.2, -0.15) is 0 Å². The molecule has 1 N–H and O–H groups in total. The number of hydrogen-bond acceptors (Lipinski definition) is 1. The first kappa shape index (κ1) is 7.79. The van der Waals surface area contributed by atoms with Crippen LogP contribution in [0.4, 0.5) is 0 Å². The number of aromatic amines is 1. The van der Waals surface area contributed by atoms with Crippen molar-refractivity contribution in [3.05, 3.63) is 29.1 Å². The molecule has 58 valence electrons. The number of nitrogens with one attached hydrogen (secondary N) is 1. The van der Waals surface area contributed by atoms with Crippen LogP contribution < -0.4 is 0 Å². The minimum absolute atomic E-state index is 0.773. The second-order valence-corrected chi connectivity index (χ2v) is 2.54. The molecule has 0 saturated carbocycles. The molecule has 0 radical (unpaired) electrons. The molecule has 11 heavy (non-hydrogen) atoms. The number of aryl methyl sites for hydroxylation is 2. The zero-order chi connectivity index (χ0) is 8.27. The maximum Gasteiger partial charge on any atom is 0.142 e. The minimum atomic E-state index is 0.773. The number of hydrogen-bond donors (Lipinski definition) is 1. The van der Waals surface area contributed by atoms with E-state index in [2.05, 4.69) is 4.98 Å². The lowest BCUT2D eigenvalue weighted by Gasteiger charge is -1.86. The third kappa shape index (κ3) is 1.80. The molecule has 1 rings (SSSR count). The average molecular weight is 149 g/mol. The molecule has 2 heteroatoms. The first-order valence-electron chi connectivity index (χ1n) is 3.52. The number of carbonyl (C=O) groups excluding carboxylic acids is 1. The summed E-state index contributed by atoms with van der Waals surface area (Å²) in [7, 11) is 0. The summed E-state index contributed by atoms with van der Waals surface area (Å²) in [5.74, 6) is 0. The van der Waals surface area contributed by atoms with Gasteiger partial charge in [-0.1, -0.05) is 0 Å². The maximum absolute atomic E-state index is 10.00. The van der Waals surface area contributed by atoms with Crippen molar-refractivity contribution in [1.29, 1.82) is 0 Å². The molecular formula is C9H11NO. The Balaban J connectivity index is 2.93. The van der Waals surface area contributed by atoms with Gasteiger partial charge in [0.15, 0.2) is 0 Å². The average Bonchev–Trinajstić information content (AvgIpc) is 2.26. The standard InChI is InChI=1S/C9H11NO/c1-7-6-8(2)10-9(7)4-3-5-11/h3-6,10H,1-2H3. The molecule has 1 aromatic rings. The van der Waals surface area contributed by atoms with E-state index in [1.807, 2.05) is 19.9 Å². The van der Waals surface area contributed by atoms with Crippen LogP contribution in [0.1, 0.15) is 17.0 Å². The van der Waals surface area contributed by atoms with E-state index in [1.54, 1.807) is 6.08 Å². The molecule has 0 amide bonds. The second kappa shape index (κ2) is 3.19. The van der Waals surface area contributed by atoms with Crippen molar-refractivity contribution in [2.24, 2.45) is 0 Å². The molecule has 0 aliphatic carbocycles. The molecule has 0 unspecified atom stereocenters. The predicted molar refractivity (Wildman–Crippen MR) is 45.4 cm³/mol. The molecule has 2 nitrogen and oxygen atoms in total. The highest BCUT2D eigenvalue weighted by molar-refractivity contribution is 5.73. The summed E-state index contributed by atoms with van der Waals surface area (Å²) < 4.78 is 0. The Labute approximate surface area is 65.9 Å². The number of aldehydes is 1. The molecule has 0 aromatic carbocycles. The van der Waals surface area contributed by atoms with Crippen LogP contribution in [0.2, 0.25) is 0 Å². The zero-order valence-corrected chi connectivity index (χ0v) is 6.72. The molecule has 0 saturated heterocycles. The number of allylic oxidation sites excluding steroid dienone is 1. The summed E-state index contributed by atoms with van der Waals surface area (Å²) in [6.45, 7) is 4.00. The van der Waals surface area contributed by atoms with Crippen molar-refractivity contribution in [3.63, 3.8) is 0 Å². The molecule has 1 aromatic heterocycles. The number of carbonyl (C=O) groups is 1. The van der Waals surface area contributed by atoms with Crippen LogP contribution in [0.3, 0.4) is 0 Å². The van der Waals surface area contributed by atoms with Crippen molar-refractivity contribution in [1.82, 2.24) is 4.98 Å². The number of aromatic nitrogens is 1. The molecule has 0 aliphatic rings. The van der Waals surface area contributed by atoms with Gasteiger partial charge in [0.1, 0.15) is 6.29 Å². The SMILES string of the molecule is Cc1cc(C)c(C=CC=O)[nH]1. The third-order valence-electron chi connectivity index (χ3n) is 1.53. The van der Waals surface area contributed by atoms with E-state index < -0.39 is 0 Å². The van der Waals surface area contributed by atoms with E-state index in [-0.39, 0.29) is 0 Å². The highest BCUT2D eigenvalue weighted by Gasteiger charge is 1.95. The monoisotopic (exact) mass is 149 g/mol. The lowest BCUT2D eigenvalue weighted by molar-refractivity contribution is -0.104. The van der Waals surface area contributed by atoms with Gasteiger partial charge in [-0.3, -0.25) is 4.79 Å². The Bertz CT molecular complexity index is 284. The van der Waals surface area contributed by atoms with Crippen LogP contribution in [-0.4, -0.2) is 11.3 Å². The van der Waals surface area contributed by atoms with E-state index in [0.29, 0.717) is 0 Å². The molecule has 1 heterocycles. The molecule has 0 fully saturated rings. The van der Waals surface area contributed by atoms with Crippen molar-refractivity contribution < 1.29 is 4.79 Å². The largest absolute Gasteiger partial charge is 0.359 e. The number of rotatable bonds is 2. The van der Waals surface area contributed by atoms with Gasteiger partial charge in [0.25, 0.3) is 0 Å². The van der Waals surface area contributed by atoms with Gasteiger partial charge in [-0.05, 0) is 37.6 Å². The van der Waals surface area contributed by atoms with Crippen LogP contribution in [0, 0.1) is 13.8 Å². The molecule has 0 aliphatic heterocycles. The van der Waals surface area contributed by atoms with Crippen molar-refractivity contribution in [2.75, 3.05) is 0 Å². The smallest absolute Gasteiger partial charge is 0.142 e. The lowest BCUT2D eigenvalue weighted by atomic mass is 10.2. The fourth-order valence-corrected chi connectivity index (χ4v) is 1.06. The Kier molecular flexibility index (Phi) is 2.26. The van der Waals surface area contributed by atoms with Crippen LogP contribution >= 0.6 is 0 Å². The van der Waals surface area contributed by atoms with Gasteiger partial charge in [-0.15, -0.1) is 0 Å². The quantitative estimate of drug-likeness (QED) is 0.505. The van der Waals surface area contributed by atoms with Crippen LogP contribution in [0.25, 0.3) is 6.08 Å². The van der Waals surface area contributed by atoms with Gasteiger partial charge in [0.05, 0.1) is 0 Å². The van der Waals surface area contributed by atoms with E-state index in [9.17, 15) is 4.79 Å². The minimum Gasteiger partial charge on any atom is -0.359 e. The Morgan fingerprint density at radius 2 is 2.18 bits per heavy atom. The summed E-state index contributed by atoms with van der Waals surface area (Å²) in [5, 5.41) is 0. The molecule has 0 bridgehead atoms. The van der Waals surface area contributed by atoms with Crippen molar-refractivity contribution in [3.8, 4) is 0 Å². The maximum atomic E-state index is 10.00. The van der Waals surface area contributed by atoms with Crippen LogP contribution in [0.5, 0.6) is 0 Å². The summed E-state index contributed by atoms with van der Waals surface area (Å²) >= 11 is 0. The summed E-state index contributed by atoms with van der Waals surface area (Å²) in [5.41, 5.74) is 3.29. The van der Waals surface area contributed by atoms with E-state index in [1.165, 1.54) is 11.6 Å². The molecule has 0 atom stereocenters. The van der Waals surface area contributed by atoms with E-state index >= 15 is 0 Å². The van der Waals surface area contributed by atoms with Gasteiger partial charge in [-0.25, -0.2) is 0 Å². The van der Waals surface area contributed by atoms with Crippen LogP contribution in [0.15, 0.2) is 12.1 Å². The second-order valence-electron chi connectivity index (χ2n) is 2.54. The summed E-state index contributed by atoms with van der Waals surface area (Å²) in [6, 6.07) is 2.05. The van der Waals surface area contributed by atoms with E-state index in [4.69, 9.17) is 0 Å². The van der Waals surface area contributed by atoms with Gasteiger partial charge < -0.3 is 4.98 Å². The highest BCUT2D eigenvalue weighted by atomic mass is 16.1. The summed E-state index contributed by atoms with van der Waals surface area (Å²) in [4.78, 5) is 13.1. The Morgan fingerprint density at radius 3 is 2.64 bits per heavy atom. The Hall–Kier alpha value is -1.31. The molecular weight excluding hydrogens is 138 g/mol. The van der Waals surface area contributed by atoms with Gasteiger partial charge >= 0.3 is 0 Å². The summed E-state index contributed by atoms with van der Waals surface area (Å²) in [6.07, 6.45) is 4.03. The van der Waals surface area contributed by atoms with Gasteiger partial charge in [0, 0.05) is 11.4 Å². The normalized spacial score (nSPS) is 10.7. The van der Waals surface area contributed by atoms with E-state index in [0.717, 1.165) is 17.7 Å². The third-order valence-corrected chi connectivity index (χ3v) is 1.53. The first-order valence-corrected chi connectivity index (χ1v) is 3.52. The number of H-pyrrole nitrogens is 1. The van der Waals surface area contributed by atoms with Gasteiger partial charge in [0.2, 0.25) is 0 Å². The fourth-order valence-electron chi connectivity index (χ4n) is 1.06. The van der Waals surface area contributed by atoms with Crippen LogP contribution in [-0.2, 0) is 4.79 Å².